The van der Waals surface area contributed by atoms with Gasteiger partial charge in [0.05, 0.1) is 0 Å². The zero-order chi connectivity index (χ0) is 15.2. The fourth-order valence-electron chi connectivity index (χ4n) is 1.90. The van der Waals surface area contributed by atoms with Crippen molar-refractivity contribution < 1.29 is 4.79 Å². The first-order chi connectivity index (χ1) is 9.63. The predicted octanol–water partition coefficient (Wildman–Crippen LogP) is 2.51. The minimum atomic E-state index is -0.000600. The van der Waals surface area contributed by atoms with Crippen LogP contribution >= 0.6 is 24.0 Å². The van der Waals surface area contributed by atoms with Gasteiger partial charge in [-0.1, -0.05) is 33.1 Å². The predicted molar refractivity (Wildman–Crippen MR) is 101 cm³/mol. The molecule has 0 radical (unpaired) electrons. The van der Waals surface area contributed by atoms with Crippen LogP contribution in [0.25, 0.3) is 0 Å². The first-order valence-corrected chi connectivity index (χ1v) is 7.90. The monoisotopic (exact) mass is 412 g/mol. The molecular formula is C15H33IN4O. The third-order valence-corrected chi connectivity index (χ3v) is 3.19. The molecule has 0 aliphatic carbocycles. The quantitative estimate of drug-likeness (QED) is 0.224. The lowest BCUT2D eigenvalue weighted by Crippen LogP contribution is -2.41. The average molecular weight is 412 g/mol. The van der Waals surface area contributed by atoms with Crippen molar-refractivity contribution in [3.05, 3.63) is 0 Å². The van der Waals surface area contributed by atoms with Gasteiger partial charge in [-0.05, 0) is 19.3 Å². The zero-order valence-electron chi connectivity index (χ0n) is 14.0. The summed E-state index contributed by atoms with van der Waals surface area (Å²) in [5.74, 6) is 1.51. The second kappa shape index (κ2) is 15.9. The topological polar surface area (TPSA) is 65.5 Å². The van der Waals surface area contributed by atoms with E-state index in [2.05, 4.69) is 41.7 Å². The summed E-state index contributed by atoms with van der Waals surface area (Å²) in [4.78, 5) is 15.4. The van der Waals surface area contributed by atoms with E-state index < -0.39 is 0 Å². The largest absolute Gasteiger partial charge is 0.357 e. The minimum absolute atomic E-state index is 0. The average Bonchev–Trinajstić information content (AvgIpc) is 2.43. The molecule has 21 heavy (non-hydrogen) atoms. The van der Waals surface area contributed by atoms with E-state index >= 15 is 0 Å². The normalized spacial score (nSPS) is 12.3. The SMILES string of the molecule is CCCCC(CC)CN=C(NCC)NCCNC(C)=O.I. The molecule has 0 saturated carbocycles. The summed E-state index contributed by atoms with van der Waals surface area (Å²) in [7, 11) is 0. The van der Waals surface area contributed by atoms with Gasteiger partial charge in [0.2, 0.25) is 5.91 Å². The van der Waals surface area contributed by atoms with Crippen LogP contribution in [0.2, 0.25) is 0 Å². The highest BCUT2D eigenvalue weighted by Crippen LogP contribution is 2.12. The summed E-state index contributed by atoms with van der Waals surface area (Å²) in [5, 5.41) is 9.23. The highest BCUT2D eigenvalue weighted by atomic mass is 127. The second-order valence-electron chi connectivity index (χ2n) is 5.05. The molecular weight excluding hydrogens is 379 g/mol. The van der Waals surface area contributed by atoms with Crippen molar-refractivity contribution in [2.45, 2.75) is 53.4 Å². The van der Waals surface area contributed by atoms with E-state index in [1.165, 1.54) is 32.6 Å². The van der Waals surface area contributed by atoms with Crippen LogP contribution in [0, 0.1) is 5.92 Å². The molecule has 3 N–H and O–H groups in total. The van der Waals surface area contributed by atoms with Gasteiger partial charge >= 0.3 is 0 Å². The number of carbonyl (C=O) groups is 1. The number of carbonyl (C=O) groups excluding carboxylic acids is 1. The van der Waals surface area contributed by atoms with Gasteiger partial charge in [-0.2, -0.15) is 0 Å². The first-order valence-electron chi connectivity index (χ1n) is 7.90. The van der Waals surface area contributed by atoms with E-state index in [1.807, 2.05) is 0 Å². The van der Waals surface area contributed by atoms with E-state index in [4.69, 9.17) is 0 Å². The fourth-order valence-corrected chi connectivity index (χ4v) is 1.90. The Hall–Kier alpha value is -0.530. The van der Waals surface area contributed by atoms with Crippen molar-refractivity contribution in [1.82, 2.24) is 16.0 Å². The fraction of sp³-hybridized carbons (Fsp3) is 0.867. The van der Waals surface area contributed by atoms with Crippen LogP contribution in [0.1, 0.15) is 53.4 Å². The van der Waals surface area contributed by atoms with Crippen molar-refractivity contribution in [2.75, 3.05) is 26.2 Å². The van der Waals surface area contributed by atoms with Crippen LogP contribution in [-0.4, -0.2) is 38.0 Å². The molecule has 0 saturated heterocycles. The maximum atomic E-state index is 10.8. The maximum Gasteiger partial charge on any atom is 0.216 e. The molecule has 1 atom stereocenters. The maximum absolute atomic E-state index is 10.8. The molecule has 0 heterocycles. The Kier molecular flexibility index (Phi) is 17.2. The van der Waals surface area contributed by atoms with Gasteiger partial charge in [0.25, 0.3) is 0 Å². The van der Waals surface area contributed by atoms with E-state index in [9.17, 15) is 4.79 Å². The van der Waals surface area contributed by atoms with E-state index in [1.54, 1.807) is 0 Å². The summed E-state index contributed by atoms with van der Waals surface area (Å²) in [5.41, 5.74) is 0. The summed E-state index contributed by atoms with van der Waals surface area (Å²) >= 11 is 0. The minimum Gasteiger partial charge on any atom is -0.357 e. The van der Waals surface area contributed by atoms with Gasteiger partial charge in [-0.3, -0.25) is 9.79 Å². The Bertz CT molecular complexity index is 285. The first kappa shape index (κ1) is 22.7. The van der Waals surface area contributed by atoms with Crippen molar-refractivity contribution in [1.29, 1.82) is 0 Å². The van der Waals surface area contributed by atoms with Crippen molar-refractivity contribution in [3.63, 3.8) is 0 Å². The molecule has 0 aliphatic heterocycles. The third-order valence-electron chi connectivity index (χ3n) is 3.19. The number of aliphatic imine (C=N–C) groups is 1. The molecule has 6 heteroatoms. The van der Waals surface area contributed by atoms with Crippen molar-refractivity contribution >= 4 is 35.8 Å². The molecule has 0 spiro atoms. The van der Waals surface area contributed by atoms with Crippen LogP contribution in [0.3, 0.4) is 0 Å². The second-order valence-corrected chi connectivity index (χ2v) is 5.05. The molecule has 0 aromatic carbocycles. The summed E-state index contributed by atoms with van der Waals surface area (Å²) in [6.45, 7) is 11.1. The summed E-state index contributed by atoms with van der Waals surface area (Å²) in [6, 6.07) is 0. The Morgan fingerprint density at radius 3 is 2.29 bits per heavy atom. The van der Waals surface area contributed by atoms with E-state index in [-0.39, 0.29) is 29.9 Å². The van der Waals surface area contributed by atoms with Gasteiger partial charge in [0.1, 0.15) is 0 Å². The van der Waals surface area contributed by atoms with E-state index in [0.29, 0.717) is 19.0 Å². The standard InChI is InChI=1S/C15H32N4O.HI/c1-5-8-9-14(6-2)12-19-15(16-7-3)18-11-10-17-13(4)20;/h14H,5-12H2,1-4H3,(H,17,20)(H2,16,18,19);1H. The number of unbranched alkanes of at least 4 members (excludes halogenated alkanes) is 1. The molecule has 1 unspecified atom stereocenters. The van der Waals surface area contributed by atoms with Crippen molar-refractivity contribution in [2.24, 2.45) is 10.9 Å². The Balaban J connectivity index is 0. The summed E-state index contributed by atoms with van der Waals surface area (Å²) < 4.78 is 0. The molecule has 0 bridgehead atoms. The van der Waals surface area contributed by atoms with Crippen LogP contribution in [0.4, 0.5) is 0 Å². The van der Waals surface area contributed by atoms with Crippen LogP contribution in [0.5, 0.6) is 0 Å². The molecule has 1 amide bonds. The van der Waals surface area contributed by atoms with Gasteiger partial charge in [0.15, 0.2) is 5.96 Å². The lowest BCUT2D eigenvalue weighted by atomic mass is 10.00. The number of amides is 1. The molecule has 0 aromatic rings. The molecule has 0 aromatic heterocycles. The van der Waals surface area contributed by atoms with Crippen LogP contribution in [-0.2, 0) is 4.79 Å². The Morgan fingerprint density at radius 2 is 1.76 bits per heavy atom. The number of hydrogen-bond acceptors (Lipinski definition) is 2. The molecule has 0 aliphatic rings. The van der Waals surface area contributed by atoms with Gasteiger partial charge in [-0.15, -0.1) is 24.0 Å². The van der Waals surface area contributed by atoms with E-state index in [0.717, 1.165) is 19.0 Å². The van der Waals surface area contributed by atoms with Gasteiger partial charge in [-0.25, -0.2) is 0 Å². The number of nitrogens with zero attached hydrogens (tertiary/aromatic N) is 1. The lowest BCUT2D eigenvalue weighted by Gasteiger charge is -2.15. The number of guanidine groups is 1. The molecule has 0 fully saturated rings. The highest BCUT2D eigenvalue weighted by molar-refractivity contribution is 14.0. The van der Waals surface area contributed by atoms with Gasteiger partial charge in [0, 0.05) is 33.1 Å². The Labute approximate surface area is 147 Å². The van der Waals surface area contributed by atoms with Gasteiger partial charge < -0.3 is 16.0 Å². The third kappa shape index (κ3) is 14.2. The van der Waals surface area contributed by atoms with Crippen LogP contribution in [0.15, 0.2) is 4.99 Å². The zero-order valence-corrected chi connectivity index (χ0v) is 16.3. The summed E-state index contributed by atoms with van der Waals surface area (Å²) in [6.07, 6.45) is 4.95. The number of halogens is 1. The Morgan fingerprint density at radius 1 is 1.10 bits per heavy atom. The van der Waals surface area contributed by atoms with Crippen molar-refractivity contribution in [3.8, 4) is 0 Å². The molecule has 5 nitrogen and oxygen atoms in total. The highest BCUT2D eigenvalue weighted by Gasteiger charge is 2.05. The molecule has 0 rings (SSSR count). The smallest absolute Gasteiger partial charge is 0.216 e. The number of rotatable bonds is 10. The van der Waals surface area contributed by atoms with Crippen LogP contribution < -0.4 is 16.0 Å². The molecule has 126 valence electrons. The number of nitrogens with one attached hydrogen (secondary N) is 3. The lowest BCUT2D eigenvalue weighted by molar-refractivity contribution is -0.118. The number of hydrogen-bond donors (Lipinski definition) is 3.